The van der Waals surface area contributed by atoms with Crippen LogP contribution in [0.2, 0.25) is 0 Å². The number of rotatable bonds is 6. The Labute approximate surface area is 190 Å². The Balaban J connectivity index is 1.56. The van der Waals surface area contributed by atoms with Crippen molar-refractivity contribution in [3.8, 4) is 5.75 Å². The highest BCUT2D eigenvalue weighted by atomic mass is 19.4. The van der Waals surface area contributed by atoms with Crippen LogP contribution in [0.4, 0.5) is 40.3 Å². The van der Waals surface area contributed by atoms with Crippen molar-refractivity contribution < 1.29 is 45.1 Å². The van der Waals surface area contributed by atoms with E-state index < -0.39 is 48.8 Å². The van der Waals surface area contributed by atoms with Crippen LogP contribution in [0.5, 0.6) is 5.75 Å². The van der Waals surface area contributed by atoms with Gasteiger partial charge < -0.3 is 25.2 Å². The predicted molar refractivity (Wildman–Crippen MR) is 104 cm³/mol. The largest absolute Gasteiger partial charge is 0.573 e. The highest BCUT2D eigenvalue weighted by molar-refractivity contribution is 5.76. The molecule has 3 rings (SSSR count). The summed E-state index contributed by atoms with van der Waals surface area (Å²) in [5.74, 6) is -1.73. The van der Waals surface area contributed by atoms with Gasteiger partial charge in [0.05, 0.1) is 6.04 Å². The maximum atomic E-state index is 14.1. The van der Waals surface area contributed by atoms with E-state index in [0.29, 0.717) is 38.3 Å². The molecular weight excluding hydrogens is 477 g/mol. The summed E-state index contributed by atoms with van der Waals surface area (Å²) in [5.41, 5.74) is -0.0671. The highest BCUT2D eigenvalue weighted by Crippen LogP contribution is 2.32. The quantitative estimate of drug-likeness (QED) is 0.577. The molecule has 1 atom stereocenters. The molecule has 2 aliphatic rings. The lowest BCUT2D eigenvalue weighted by atomic mass is 10.0. The smallest absolute Gasteiger partial charge is 0.406 e. The molecule has 7 nitrogen and oxygen atoms in total. The minimum absolute atomic E-state index is 0.0671. The highest BCUT2D eigenvalue weighted by Gasteiger charge is 2.41. The third-order valence-electron chi connectivity index (χ3n) is 5.38. The molecule has 14 heteroatoms. The Morgan fingerprint density at radius 1 is 1.06 bits per heavy atom. The minimum atomic E-state index is -4.97. The number of benzene rings is 1. The number of ether oxygens (including phenoxy) is 1. The molecule has 0 radical (unpaired) electrons. The number of urea groups is 2. The Morgan fingerprint density at radius 3 is 2.35 bits per heavy atom. The number of alkyl halides is 6. The number of amides is 4. The first-order chi connectivity index (χ1) is 15.8. The monoisotopic (exact) mass is 500 g/mol. The van der Waals surface area contributed by atoms with Gasteiger partial charge in [-0.25, -0.2) is 14.0 Å². The van der Waals surface area contributed by atoms with Crippen molar-refractivity contribution >= 4 is 12.1 Å². The van der Waals surface area contributed by atoms with Crippen molar-refractivity contribution in [3.63, 3.8) is 0 Å². The minimum Gasteiger partial charge on any atom is -0.406 e. The zero-order valence-electron chi connectivity index (χ0n) is 17.8. The molecule has 0 bridgehead atoms. The van der Waals surface area contributed by atoms with Crippen LogP contribution in [0.1, 0.15) is 31.2 Å². The van der Waals surface area contributed by atoms with Crippen molar-refractivity contribution in [1.29, 1.82) is 0 Å². The number of piperidine rings is 1. The second-order valence-corrected chi connectivity index (χ2v) is 8.11. The maximum absolute atomic E-state index is 14.1. The van der Waals surface area contributed by atoms with Crippen molar-refractivity contribution in [2.75, 3.05) is 19.6 Å². The van der Waals surface area contributed by atoms with Gasteiger partial charge in [0, 0.05) is 37.3 Å². The van der Waals surface area contributed by atoms with Gasteiger partial charge in [-0.3, -0.25) is 0 Å². The molecule has 0 spiro atoms. The fourth-order valence-electron chi connectivity index (χ4n) is 3.77. The van der Waals surface area contributed by atoms with Gasteiger partial charge in [-0.1, -0.05) is 6.07 Å². The van der Waals surface area contributed by atoms with Gasteiger partial charge in [-0.05, 0) is 31.7 Å². The molecule has 0 unspecified atom stereocenters. The van der Waals surface area contributed by atoms with E-state index in [-0.39, 0.29) is 24.7 Å². The molecule has 34 heavy (non-hydrogen) atoms. The van der Waals surface area contributed by atoms with Crippen LogP contribution in [0, 0.1) is 5.82 Å². The van der Waals surface area contributed by atoms with Crippen molar-refractivity contribution in [2.24, 2.45) is 0 Å². The molecule has 1 heterocycles. The van der Waals surface area contributed by atoms with E-state index in [1.54, 1.807) is 0 Å². The van der Waals surface area contributed by atoms with Crippen molar-refractivity contribution in [3.05, 3.63) is 29.6 Å². The molecule has 2 fully saturated rings. The molecule has 1 aliphatic heterocycles. The van der Waals surface area contributed by atoms with Crippen LogP contribution >= 0.6 is 0 Å². The Hall–Kier alpha value is -2.93. The van der Waals surface area contributed by atoms with Gasteiger partial charge in [0.15, 0.2) is 0 Å². The van der Waals surface area contributed by atoms with Crippen LogP contribution in [-0.4, -0.2) is 66.1 Å². The fourth-order valence-corrected chi connectivity index (χ4v) is 3.77. The van der Waals surface area contributed by atoms with Gasteiger partial charge in [-0.2, -0.15) is 13.2 Å². The maximum Gasteiger partial charge on any atom is 0.573 e. The van der Waals surface area contributed by atoms with Gasteiger partial charge in [-0.15, -0.1) is 13.2 Å². The van der Waals surface area contributed by atoms with Gasteiger partial charge in [0.25, 0.3) is 0 Å². The first kappa shape index (κ1) is 25.7. The third kappa shape index (κ3) is 7.55. The molecule has 2 N–H and O–H groups in total. The molecule has 190 valence electrons. The van der Waals surface area contributed by atoms with Crippen LogP contribution in [-0.2, 0) is 6.54 Å². The topological polar surface area (TPSA) is 73.9 Å². The number of hydrogen-bond acceptors (Lipinski definition) is 3. The molecular formula is C20H23F7N4O3. The molecule has 4 amide bonds. The first-order valence-corrected chi connectivity index (χ1v) is 10.5. The molecule has 1 saturated carbocycles. The summed E-state index contributed by atoms with van der Waals surface area (Å²) in [6.07, 6.45) is -7.17. The van der Waals surface area contributed by atoms with Crippen molar-refractivity contribution in [2.45, 2.75) is 56.9 Å². The molecule has 0 aromatic heterocycles. The molecule has 1 aliphatic carbocycles. The van der Waals surface area contributed by atoms with E-state index >= 15 is 0 Å². The fraction of sp³-hybridized carbons (Fsp3) is 0.600. The second kappa shape index (κ2) is 10.1. The van der Waals surface area contributed by atoms with E-state index in [4.69, 9.17) is 0 Å². The van der Waals surface area contributed by atoms with E-state index in [0.717, 1.165) is 12.1 Å². The van der Waals surface area contributed by atoms with E-state index in [1.807, 2.05) is 5.32 Å². The normalized spacial score (nSPS) is 18.9. The lowest BCUT2D eigenvalue weighted by Crippen LogP contribution is -2.56. The van der Waals surface area contributed by atoms with Gasteiger partial charge in [0.2, 0.25) is 0 Å². The van der Waals surface area contributed by atoms with Crippen LogP contribution in [0.25, 0.3) is 0 Å². The Kier molecular flexibility index (Phi) is 7.66. The number of halogens is 7. The predicted octanol–water partition coefficient (Wildman–Crippen LogP) is 4.13. The average molecular weight is 500 g/mol. The summed E-state index contributed by atoms with van der Waals surface area (Å²) in [7, 11) is 0. The lowest BCUT2D eigenvalue weighted by Gasteiger charge is -2.39. The van der Waals surface area contributed by atoms with E-state index in [2.05, 4.69) is 10.1 Å². The molecule has 1 aromatic carbocycles. The van der Waals surface area contributed by atoms with E-state index in [1.165, 1.54) is 9.80 Å². The molecule has 1 aromatic rings. The second-order valence-electron chi connectivity index (χ2n) is 8.11. The number of carbonyl (C=O) groups is 2. The lowest BCUT2D eigenvalue weighted by molar-refractivity contribution is -0.274. The Morgan fingerprint density at radius 2 is 1.76 bits per heavy atom. The van der Waals surface area contributed by atoms with E-state index in [9.17, 15) is 40.3 Å². The zero-order chi connectivity index (χ0) is 25.1. The number of likely N-dealkylation sites (tertiary alicyclic amines) is 1. The van der Waals surface area contributed by atoms with Crippen LogP contribution in [0.3, 0.4) is 0 Å². The summed E-state index contributed by atoms with van der Waals surface area (Å²) in [6, 6.07) is 0.432. The van der Waals surface area contributed by atoms with Crippen molar-refractivity contribution in [1.82, 2.24) is 20.4 Å². The number of hydrogen-bond donors (Lipinski definition) is 2. The molecule has 1 saturated heterocycles. The summed E-state index contributed by atoms with van der Waals surface area (Å²) in [4.78, 5) is 27.7. The zero-order valence-corrected chi connectivity index (χ0v) is 17.8. The summed E-state index contributed by atoms with van der Waals surface area (Å²) >= 11 is 0. The summed E-state index contributed by atoms with van der Waals surface area (Å²) < 4.78 is 91.9. The summed E-state index contributed by atoms with van der Waals surface area (Å²) in [5, 5.41) is 4.35. The number of nitrogens with zero attached hydrogens (tertiary/aromatic N) is 2. The Bertz CT molecular complexity index is 890. The average Bonchev–Trinajstić information content (AvgIpc) is 3.55. The third-order valence-corrected chi connectivity index (χ3v) is 5.38. The SMILES string of the molecule is O=C(NCc1ccc(OC(F)(F)F)cc1F)N1CCC[C@@H](N(C(=O)NCC(F)(F)F)C2CC2)C1. The van der Waals surface area contributed by atoms with Gasteiger partial charge >= 0.3 is 24.6 Å². The number of nitrogens with one attached hydrogen (secondary N) is 2. The number of carbonyl (C=O) groups excluding carboxylic acids is 2. The van der Waals surface area contributed by atoms with Crippen LogP contribution in [0.15, 0.2) is 18.2 Å². The summed E-state index contributed by atoms with van der Waals surface area (Å²) in [6.45, 7) is -1.35. The van der Waals surface area contributed by atoms with Gasteiger partial charge in [0.1, 0.15) is 18.1 Å². The van der Waals surface area contributed by atoms with Crippen LogP contribution < -0.4 is 15.4 Å². The standard InChI is InChI=1S/C20H23F7N4O3/c21-16-8-15(34-20(25,26)27)6-3-12(16)9-28-17(32)30-7-1-2-14(10-30)31(13-4-5-13)18(33)29-11-19(22,23)24/h3,6,8,13-14H,1-2,4-5,7,9-11H2,(H,28,32)(H,29,33)/t14-/m1/s1. The first-order valence-electron chi connectivity index (χ1n) is 10.5.